The zero-order chi connectivity index (χ0) is 17.5. The topological polar surface area (TPSA) is 66.0 Å². The number of aryl methyl sites for hydroxylation is 2. The van der Waals surface area contributed by atoms with E-state index in [0.717, 1.165) is 30.8 Å². The van der Waals surface area contributed by atoms with E-state index in [4.69, 9.17) is 9.15 Å². The highest BCUT2D eigenvalue weighted by molar-refractivity contribution is 5.27. The van der Waals surface area contributed by atoms with E-state index in [-0.39, 0.29) is 17.4 Å². The fourth-order valence-electron chi connectivity index (χ4n) is 3.60. The lowest BCUT2D eigenvalue weighted by Crippen LogP contribution is -2.38. The van der Waals surface area contributed by atoms with Crippen LogP contribution in [0.3, 0.4) is 0 Å². The van der Waals surface area contributed by atoms with E-state index in [2.05, 4.69) is 43.0 Å². The van der Waals surface area contributed by atoms with Crippen molar-refractivity contribution < 1.29 is 9.15 Å². The molecule has 2 aromatic heterocycles. The number of hydrogen-bond acceptors (Lipinski definition) is 5. The van der Waals surface area contributed by atoms with Crippen molar-refractivity contribution in [3.63, 3.8) is 0 Å². The number of ether oxygens (including phenoxy) is 1. The molecule has 1 saturated heterocycles. The summed E-state index contributed by atoms with van der Waals surface area (Å²) < 4.78 is 14.0. The van der Waals surface area contributed by atoms with Gasteiger partial charge >= 0.3 is 0 Å². The van der Waals surface area contributed by atoms with Crippen LogP contribution < -0.4 is 0 Å². The maximum atomic E-state index is 6.04. The van der Waals surface area contributed by atoms with Gasteiger partial charge in [0.1, 0.15) is 0 Å². The van der Waals surface area contributed by atoms with Crippen LogP contribution in [0.15, 0.2) is 4.42 Å². The van der Waals surface area contributed by atoms with Crippen molar-refractivity contribution in [2.45, 2.75) is 65.9 Å². The molecule has 0 aromatic carbocycles. The minimum atomic E-state index is 0.0518. The average Bonchev–Trinajstić information content (AvgIpc) is 3.07. The van der Waals surface area contributed by atoms with Crippen LogP contribution in [0.4, 0.5) is 0 Å². The Hall–Kier alpha value is -1.69. The van der Waals surface area contributed by atoms with E-state index in [1.807, 2.05) is 18.7 Å². The molecule has 3 rings (SSSR count). The summed E-state index contributed by atoms with van der Waals surface area (Å²) in [6.45, 7) is 11.5. The minimum Gasteiger partial charge on any atom is -0.425 e. The third-order valence-corrected chi connectivity index (χ3v) is 4.96. The highest BCUT2D eigenvalue weighted by Crippen LogP contribution is 2.39. The number of nitrogens with zero attached hydrogens (tertiary/aromatic N) is 4. The predicted octanol–water partition coefficient (Wildman–Crippen LogP) is 3.32. The molecular weight excluding hydrogens is 304 g/mol. The second-order valence-electron chi connectivity index (χ2n) is 7.89. The molecule has 2 atom stereocenters. The molecule has 0 saturated carbocycles. The van der Waals surface area contributed by atoms with Gasteiger partial charge in [0.05, 0.1) is 24.1 Å². The third kappa shape index (κ3) is 3.24. The van der Waals surface area contributed by atoms with E-state index in [1.54, 1.807) is 0 Å². The largest absolute Gasteiger partial charge is 0.425 e. The molecule has 0 unspecified atom stereocenters. The molecule has 0 spiro atoms. The third-order valence-electron chi connectivity index (χ3n) is 4.96. The standard InChI is InChI=1S/C18H28N4O2/c1-11-14(12(2)22(6)21-11)10-15-19-20-17(24-15)13-8-7-9-23-16(13)18(3,4)5/h13,16H,7-10H2,1-6H3/t13-,16-/m1/s1. The molecule has 132 valence electrons. The molecule has 2 aromatic rings. The Kier molecular flexibility index (Phi) is 4.51. The second-order valence-corrected chi connectivity index (χ2v) is 7.89. The first kappa shape index (κ1) is 17.1. The van der Waals surface area contributed by atoms with Crippen LogP contribution in [-0.4, -0.2) is 32.7 Å². The van der Waals surface area contributed by atoms with Crippen molar-refractivity contribution in [3.8, 4) is 0 Å². The van der Waals surface area contributed by atoms with E-state index in [0.29, 0.717) is 18.2 Å². The molecule has 1 aliphatic heterocycles. The van der Waals surface area contributed by atoms with Gasteiger partial charge in [0, 0.05) is 24.9 Å². The maximum Gasteiger partial charge on any atom is 0.222 e. The minimum absolute atomic E-state index is 0.0518. The maximum absolute atomic E-state index is 6.04. The molecular formula is C18H28N4O2. The molecule has 1 fully saturated rings. The van der Waals surface area contributed by atoms with E-state index in [9.17, 15) is 0 Å². The molecule has 24 heavy (non-hydrogen) atoms. The zero-order valence-electron chi connectivity index (χ0n) is 15.6. The molecule has 0 amide bonds. The van der Waals surface area contributed by atoms with Gasteiger partial charge in [-0.25, -0.2) is 0 Å². The smallest absolute Gasteiger partial charge is 0.222 e. The Morgan fingerprint density at radius 3 is 2.58 bits per heavy atom. The van der Waals surface area contributed by atoms with Gasteiger partial charge in [0.2, 0.25) is 11.8 Å². The Morgan fingerprint density at radius 2 is 1.96 bits per heavy atom. The molecule has 0 radical (unpaired) electrons. The van der Waals surface area contributed by atoms with Crippen LogP contribution in [0, 0.1) is 19.3 Å². The van der Waals surface area contributed by atoms with E-state index < -0.39 is 0 Å². The van der Waals surface area contributed by atoms with Crippen molar-refractivity contribution in [2.75, 3.05) is 6.61 Å². The van der Waals surface area contributed by atoms with Crippen molar-refractivity contribution >= 4 is 0 Å². The van der Waals surface area contributed by atoms with Gasteiger partial charge in [-0.05, 0) is 32.1 Å². The van der Waals surface area contributed by atoms with Gasteiger partial charge in [-0.3, -0.25) is 4.68 Å². The lowest BCUT2D eigenvalue weighted by molar-refractivity contribution is -0.0678. The van der Waals surface area contributed by atoms with Crippen LogP contribution in [0.1, 0.15) is 68.3 Å². The molecule has 3 heterocycles. The molecule has 6 heteroatoms. The first-order valence-corrected chi connectivity index (χ1v) is 8.70. The van der Waals surface area contributed by atoms with Gasteiger partial charge in [-0.15, -0.1) is 10.2 Å². The van der Waals surface area contributed by atoms with Gasteiger partial charge in [-0.2, -0.15) is 5.10 Å². The van der Waals surface area contributed by atoms with Crippen molar-refractivity contribution in [1.82, 2.24) is 20.0 Å². The first-order valence-electron chi connectivity index (χ1n) is 8.70. The van der Waals surface area contributed by atoms with Crippen LogP contribution in [0.5, 0.6) is 0 Å². The van der Waals surface area contributed by atoms with Crippen molar-refractivity contribution in [2.24, 2.45) is 12.5 Å². The Bertz CT molecular complexity index is 711. The second kappa shape index (κ2) is 6.31. The Balaban J connectivity index is 1.82. The van der Waals surface area contributed by atoms with Crippen LogP contribution in [0.2, 0.25) is 0 Å². The Labute approximate surface area is 143 Å². The molecule has 0 bridgehead atoms. The van der Waals surface area contributed by atoms with E-state index >= 15 is 0 Å². The van der Waals surface area contributed by atoms with Gasteiger partial charge in [0.25, 0.3) is 0 Å². The van der Waals surface area contributed by atoms with Gasteiger partial charge in [-0.1, -0.05) is 20.8 Å². The Morgan fingerprint density at radius 1 is 1.21 bits per heavy atom. The summed E-state index contributed by atoms with van der Waals surface area (Å²) in [5.74, 6) is 1.54. The fourth-order valence-corrected chi connectivity index (χ4v) is 3.60. The monoisotopic (exact) mass is 332 g/mol. The number of rotatable bonds is 3. The lowest BCUT2D eigenvalue weighted by Gasteiger charge is -2.38. The summed E-state index contributed by atoms with van der Waals surface area (Å²) in [6.07, 6.45) is 2.82. The summed E-state index contributed by atoms with van der Waals surface area (Å²) in [5.41, 5.74) is 3.38. The normalized spacial score (nSPS) is 22.1. The summed E-state index contributed by atoms with van der Waals surface area (Å²) >= 11 is 0. The van der Waals surface area contributed by atoms with Gasteiger partial charge in [0.15, 0.2) is 0 Å². The van der Waals surface area contributed by atoms with Crippen LogP contribution >= 0.6 is 0 Å². The molecule has 0 N–H and O–H groups in total. The quantitative estimate of drug-likeness (QED) is 0.862. The summed E-state index contributed by atoms with van der Waals surface area (Å²) in [5, 5.41) is 13.1. The summed E-state index contributed by atoms with van der Waals surface area (Å²) in [7, 11) is 1.96. The molecule has 0 aliphatic carbocycles. The number of aromatic nitrogens is 4. The SMILES string of the molecule is Cc1nn(C)c(C)c1Cc1nnc([C@@H]2CCCO[C@H]2C(C)(C)C)o1. The highest BCUT2D eigenvalue weighted by Gasteiger charge is 2.39. The van der Waals surface area contributed by atoms with Crippen molar-refractivity contribution in [1.29, 1.82) is 0 Å². The summed E-state index contributed by atoms with van der Waals surface area (Å²) in [6, 6.07) is 0. The summed E-state index contributed by atoms with van der Waals surface area (Å²) in [4.78, 5) is 0. The lowest BCUT2D eigenvalue weighted by atomic mass is 9.78. The van der Waals surface area contributed by atoms with Crippen LogP contribution in [-0.2, 0) is 18.2 Å². The van der Waals surface area contributed by atoms with Gasteiger partial charge < -0.3 is 9.15 Å². The van der Waals surface area contributed by atoms with Crippen LogP contribution in [0.25, 0.3) is 0 Å². The van der Waals surface area contributed by atoms with E-state index in [1.165, 1.54) is 5.56 Å². The average molecular weight is 332 g/mol. The fraction of sp³-hybridized carbons (Fsp3) is 0.722. The van der Waals surface area contributed by atoms with Crippen molar-refractivity contribution in [3.05, 3.63) is 28.7 Å². The molecule has 6 nitrogen and oxygen atoms in total. The molecule has 1 aliphatic rings. The zero-order valence-corrected chi connectivity index (χ0v) is 15.6. The predicted molar refractivity (Wildman–Crippen MR) is 91.0 cm³/mol. The number of hydrogen-bond donors (Lipinski definition) is 0. The highest BCUT2D eigenvalue weighted by atomic mass is 16.5. The first-order chi connectivity index (χ1) is 11.3.